The van der Waals surface area contributed by atoms with E-state index in [0.717, 1.165) is 19.5 Å². The van der Waals surface area contributed by atoms with Gasteiger partial charge in [0.2, 0.25) is 15.9 Å². The molecule has 1 atom stereocenters. The van der Waals surface area contributed by atoms with Gasteiger partial charge >= 0.3 is 0 Å². The first-order valence-electron chi connectivity index (χ1n) is 10.1. The summed E-state index contributed by atoms with van der Waals surface area (Å²) in [5.74, 6) is 0.900. The number of hydrogen-bond donors (Lipinski definition) is 1. The molecule has 1 aliphatic rings. The number of nitrogens with zero attached hydrogens (tertiary/aromatic N) is 2. The molecular formula is C20H33N3O4S. The Hall–Kier alpha value is -1.64. The van der Waals surface area contributed by atoms with Gasteiger partial charge in [-0.3, -0.25) is 9.69 Å². The summed E-state index contributed by atoms with van der Waals surface area (Å²) in [6, 6.07) is 4.63. The first-order valence-corrected chi connectivity index (χ1v) is 11.5. The summed E-state index contributed by atoms with van der Waals surface area (Å²) >= 11 is 0. The molecule has 0 radical (unpaired) electrons. The van der Waals surface area contributed by atoms with Crippen molar-refractivity contribution in [1.29, 1.82) is 0 Å². The lowest BCUT2D eigenvalue weighted by Gasteiger charge is -2.30. The van der Waals surface area contributed by atoms with Crippen LogP contribution in [0.2, 0.25) is 0 Å². The highest BCUT2D eigenvalue weighted by Crippen LogP contribution is 2.29. The van der Waals surface area contributed by atoms with Gasteiger partial charge in [-0.1, -0.05) is 20.8 Å². The third kappa shape index (κ3) is 5.68. The van der Waals surface area contributed by atoms with Crippen molar-refractivity contribution >= 4 is 21.6 Å². The Morgan fingerprint density at radius 2 is 2.00 bits per heavy atom. The van der Waals surface area contributed by atoms with Crippen LogP contribution in [0.3, 0.4) is 0 Å². The maximum Gasteiger partial charge on any atom is 0.243 e. The van der Waals surface area contributed by atoms with Crippen molar-refractivity contribution in [3.63, 3.8) is 0 Å². The number of nitrogens with one attached hydrogen (secondary N) is 1. The van der Waals surface area contributed by atoms with Crippen molar-refractivity contribution in [3.8, 4) is 5.75 Å². The Morgan fingerprint density at radius 3 is 2.61 bits per heavy atom. The van der Waals surface area contributed by atoms with Crippen LogP contribution in [0.15, 0.2) is 23.1 Å². The quantitative estimate of drug-likeness (QED) is 0.676. The average molecular weight is 412 g/mol. The minimum Gasteiger partial charge on any atom is -0.492 e. The van der Waals surface area contributed by atoms with Gasteiger partial charge in [0, 0.05) is 19.6 Å². The second-order valence-corrected chi connectivity index (χ2v) is 9.15. The molecule has 0 aliphatic carbocycles. The van der Waals surface area contributed by atoms with Crippen LogP contribution in [0.1, 0.15) is 40.5 Å². The number of ether oxygens (including phenoxy) is 1. The second kappa shape index (κ2) is 10.2. The molecule has 28 heavy (non-hydrogen) atoms. The molecule has 158 valence electrons. The van der Waals surface area contributed by atoms with E-state index in [1.807, 2.05) is 6.92 Å². The summed E-state index contributed by atoms with van der Waals surface area (Å²) in [6.45, 7) is 11.0. The summed E-state index contributed by atoms with van der Waals surface area (Å²) < 4.78 is 32.6. The fourth-order valence-corrected chi connectivity index (χ4v) is 5.07. The summed E-state index contributed by atoms with van der Waals surface area (Å²) in [5, 5.41) is 2.86. The Morgan fingerprint density at radius 1 is 1.29 bits per heavy atom. The van der Waals surface area contributed by atoms with Crippen LogP contribution in [0, 0.1) is 5.92 Å². The Labute approximate surface area is 169 Å². The van der Waals surface area contributed by atoms with Gasteiger partial charge in [-0.25, -0.2) is 8.42 Å². The zero-order valence-electron chi connectivity index (χ0n) is 17.4. The predicted octanol–water partition coefficient (Wildman–Crippen LogP) is 2.79. The molecular weight excluding hydrogens is 378 g/mol. The van der Waals surface area contributed by atoms with Gasteiger partial charge in [0.15, 0.2) is 0 Å². The van der Waals surface area contributed by atoms with Gasteiger partial charge in [0.1, 0.15) is 5.75 Å². The number of carbonyl (C=O) groups excluding carboxylic acids is 1. The third-order valence-electron chi connectivity index (χ3n) is 4.98. The minimum absolute atomic E-state index is 0.154. The van der Waals surface area contributed by atoms with Crippen molar-refractivity contribution in [1.82, 2.24) is 9.21 Å². The molecule has 1 aromatic rings. The van der Waals surface area contributed by atoms with Crippen LogP contribution in [0.5, 0.6) is 5.75 Å². The zero-order valence-corrected chi connectivity index (χ0v) is 18.2. The van der Waals surface area contributed by atoms with E-state index in [-0.39, 0.29) is 10.8 Å². The SMILES string of the molecule is CCOc1ccc(S(=O)(=O)N(CC)CC)cc1NC(=O)CN1CCC[C@H](C)C1. The van der Waals surface area contributed by atoms with Gasteiger partial charge in [0.25, 0.3) is 0 Å². The first kappa shape index (κ1) is 22.6. The summed E-state index contributed by atoms with van der Waals surface area (Å²) in [4.78, 5) is 14.9. The standard InChI is InChI=1S/C20H33N3O4S/c1-5-23(6-2)28(25,26)17-10-11-19(27-7-3)18(13-17)21-20(24)15-22-12-8-9-16(4)14-22/h10-11,13,16H,5-9,12,14-15H2,1-4H3,(H,21,24)/t16-/m0/s1. The molecule has 1 aromatic carbocycles. The van der Waals surface area contributed by atoms with Gasteiger partial charge < -0.3 is 10.1 Å². The monoisotopic (exact) mass is 411 g/mol. The van der Waals surface area contributed by atoms with Gasteiger partial charge in [-0.15, -0.1) is 0 Å². The molecule has 0 unspecified atom stereocenters. The summed E-state index contributed by atoms with van der Waals surface area (Å²) in [5.41, 5.74) is 0.394. The average Bonchev–Trinajstić information content (AvgIpc) is 2.64. The Kier molecular flexibility index (Phi) is 8.27. The fraction of sp³-hybridized carbons (Fsp3) is 0.650. The third-order valence-corrected chi connectivity index (χ3v) is 7.02. The fourth-order valence-electron chi connectivity index (χ4n) is 3.58. The number of anilines is 1. The van der Waals surface area contributed by atoms with Crippen LogP contribution in [0.25, 0.3) is 0 Å². The molecule has 0 aromatic heterocycles. The Balaban J connectivity index is 2.22. The largest absolute Gasteiger partial charge is 0.492 e. The van der Waals surface area contributed by atoms with Crippen molar-refractivity contribution < 1.29 is 17.9 Å². The normalized spacial score (nSPS) is 18.2. The summed E-state index contributed by atoms with van der Waals surface area (Å²) in [6.07, 6.45) is 2.29. The number of amides is 1. The number of hydrogen-bond acceptors (Lipinski definition) is 5. The highest BCUT2D eigenvalue weighted by Gasteiger charge is 2.24. The predicted molar refractivity (Wildman–Crippen MR) is 111 cm³/mol. The number of likely N-dealkylation sites (tertiary alicyclic amines) is 1. The molecule has 1 saturated heterocycles. The molecule has 1 aliphatic heterocycles. The van der Waals surface area contributed by atoms with Crippen LogP contribution >= 0.6 is 0 Å². The molecule has 0 spiro atoms. The molecule has 2 rings (SSSR count). The van der Waals surface area contributed by atoms with Crippen LogP contribution < -0.4 is 10.1 Å². The molecule has 8 heteroatoms. The van der Waals surface area contributed by atoms with E-state index in [2.05, 4.69) is 17.1 Å². The van der Waals surface area contributed by atoms with Crippen molar-refractivity contribution in [2.75, 3.05) is 44.6 Å². The maximum absolute atomic E-state index is 12.8. The lowest BCUT2D eigenvalue weighted by atomic mass is 10.0. The van der Waals surface area contributed by atoms with E-state index in [4.69, 9.17) is 4.74 Å². The van der Waals surface area contributed by atoms with Crippen LogP contribution in [0.4, 0.5) is 5.69 Å². The first-order chi connectivity index (χ1) is 13.3. The Bertz CT molecular complexity index is 763. The van der Waals surface area contributed by atoms with E-state index in [0.29, 0.717) is 43.6 Å². The van der Waals surface area contributed by atoms with Gasteiger partial charge in [0.05, 0.1) is 23.7 Å². The van der Waals surface area contributed by atoms with E-state index >= 15 is 0 Å². The topological polar surface area (TPSA) is 79.0 Å². The van der Waals surface area contributed by atoms with E-state index in [1.54, 1.807) is 19.9 Å². The van der Waals surface area contributed by atoms with E-state index < -0.39 is 10.0 Å². The van der Waals surface area contributed by atoms with Gasteiger partial charge in [-0.2, -0.15) is 4.31 Å². The number of sulfonamides is 1. The minimum atomic E-state index is -3.61. The highest BCUT2D eigenvalue weighted by atomic mass is 32.2. The number of piperidine rings is 1. The molecule has 1 amide bonds. The highest BCUT2D eigenvalue weighted by molar-refractivity contribution is 7.89. The van der Waals surface area contributed by atoms with Crippen LogP contribution in [-0.4, -0.2) is 62.9 Å². The maximum atomic E-state index is 12.8. The molecule has 1 heterocycles. The lowest BCUT2D eigenvalue weighted by molar-refractivity contribution is -0.117. The smallest absolute Gasteiger partial charge is 0.243 e. The second-order valence-electron chi connectivity index (χ2n) is 7.21. The van der Waals surface area contributed by atoms with E-state index in [9.17, 15) is 13.2 Å². The number of rotatable bonds is 9. The molecule has 1 fully saturated rings. The van der Waals surface area contributed by atoms with Crippen molar-refractivity contribution in [3.05, 3.63) is 18.2 Å². The summed E-state index contributed by atoms with van der Waals surface area (Å²) in [7, 11) is -3.61. The molecule has 0 saturated carbocycles. The van der Waals surface area contributed by atoms with Gasteiger partial charge in [-0.05, 0) is 50.4 Å². The van der Waals surface area contributed by atoms with Crippen molar-refractivity contribution in [2.45, 2.75) is 45.4 Å². The van der Waals surface area contributed by atoms with Crippen LogP contribution in [-0.2, 0) is 14.8 Å². The van der Waals surface area contributed by atoms with E-state index in [1.165, 1.54) is 22.9 Å². The number of carbonyl (C=O) groups is 1. The number of benzene rings is 1. The van der Waals surface area contributed by atoms with Crippen molar-refractivity contribution in [2.24, 2.45) is 5.92 Å². The lowest BCUT2D eigenvalue weighted by Crippen LogP contribution is -2.39. The molecule has 0 bridgehead atoms. The molecule has 7 nitrogen and oxygen atoms in total. The molecule has 1 N–H and O–H groups in total. The zero-order chi connectivity index (χ0) is 20.7.